The van der Waals surface area contributed by atoms with Crippen molar-refractivity contribution in [3.63, 3.8) is 0 Å². The first-order chi connectivity index (χ1) is 6.77. The Kier molecular flexibility index (Phi) is 5.02. The van der Waals surface area contributed by atoms with Gasteiger partial charge >= 0.3 is 0 Å². The van der Waals surface area contributed by atoms with Gasteiger partial charge in [-0.2, -0.15) is 0 Å². The molecule has 1 atom stereocenters. The molecule has 1 nitrogen and oxygen atoms in total. The van der Waals surface area contributed by atoms with E-state index in [2.05, 4.69) is 35.8 Å². The number of halogens is 1. The van der Waals surface area contributed by atoms with E-state index in [0.717, 1.165) is 23.9 Å². The van der Waals surface area contributed by atoms with Crippen LogP contribution in [0.3, 0.4) is 0 Å². The molecule has 1 unspecified atom stereocenters. The highest BCUT2D eigenvalue weighted by molar-refractivity contribution is 9.08. The van der Waals surface area contributed by atoms with Gasteiger partial charge in [0.2, 0.25) is 0 Å². The third-order valence-corrected chi connectivity index (χ3v) is 2.74. The molecule has 0 fully saturated rings. The van der Waals surface area contributed by atoms with Gasteiger partial charge in [-0.05, 0) is 19.4 Å². The molecule has 0 radical (unpaired) electrons. The van der Waals surface area contributed by atoms with E-state index in [4.69, 9.17) is 4.74 Å². The maximum atomic E-state index is 5.85. The van der Waals surface area contributed by atoms with Gasteiger partial charge in [-0.25, -0.2) is 0 Å². The third-order valence-electron chi connectivity index (χ3n) is 2.14. The van der Waals surface area contributed by atoms with Crippen molar-refractivity contribution in [1.82, 2.24) is 0 Å². The molecule has 0 bridgehead atoms. The van der Waals surface area contributed by atoms with Crippen LogP contribution in [0.4, 0.5) is 0 Å². The lowest BCUT2D eigenvalue weighted by Gasteiger charge is -2.15. The predicted molar refractivity (Wildman–Crippen MR) is 64.1 cm³/mol. The average Bonchev–Trinajstić information content (AvgIpc) is 2.19. The van der Waals surface area contributed by atoms with Crippen molar-refractivity contribution in [3.05, 3.63) is 29.8 Å². The number of ether oxygens (including phenoxy) is 1. The molecule has 0 N–H and O–H groups in total. The molecule has 14 heavy (non-hydrogen) atoms. The Balaban J connectivity index is 2.65. The summed E-state index contributed by atoms with van der Waals surface area (Å²) in [7, 11) is 0. The largest absolute Gasteiger partial charge is 0.490 e. The van der Waals surface area contributed by atoms with E-state index in [-0.39, 0.29) is 0 Å². The van der Waals surface area contributed by atoms with Crippen LogP contribution < -0.4 is 4.74 Å². The second-order valence-electron chi connectivity index (χ2n) is 3.46. The third kappa shape index (κ3) is 3.33. The van der Waals surface area contributed by atoms with Crippen LogP contribution in [0.5, 0.6) is 5.75 Å². The van der Waals surface area contributed by atoms with Crippen molar-refractivity contribution in [2.45, 2.75) is 38.1 Å². The Morgan fingerprint density at radius 2 is 2.07 bits per heavy atom. The lowest BCUT2D eigenvalue weighted by Crippen LogP contribution is -2.11. The lowest BCUT2D eigenvalue weighted by atomic mass is 10.2. The Bertz CT molecular complexity index is 273. The van der Waals surface area contributed by atoms with Crippen LogP contribution in [0.1, 0.15) is 32.3 Å². The topological polar surface area (TPSA) is 9.23 Å². The van der Waals surface area contributed by atoms with Crippen LogP contribution in [-0.2, 0) is 5.33 Å². The molecule has 0 heterocycles. The molecule has 0 aliphatic carbocycles. The molecule has 1 aromatic carbocycles. The van der Waals surface area contributed by atoms with Crippen LogP contribution in [0.25, 0.3) is 0 Å². The van der Waals surface area contributed by atoms with Crippen LogP contribution in [0.15, 0.2) is 24.3 Å². The molecule has 2 heteroatoms. The van der Waals surface area contributed by atoms with Gasteiger partial charge in [-0.3, -0.25) is 0 Å². The zero-order valence-corrected chi connectivity index (χ0v) is 10.4. The summed E-state index contributed by atoms with van der Waals surface area (Å²) in [4.78, 5) is 0. The van der Waals surface area contributed by atoms with Gasteiger partial charge in [0.1, 0.15) is 5.75 Å². The predicted octanol–water partition coefficient (Wildman–Crippen LogP) is 4.15. The zero-order chi connectivity index (χ0) is 10.4. The highest BCUT2D eigenvalue weighted by Crippen LogP contribution is 2.22. The van der Waals surface area contributed by atoms with Crippen molar-refractivity contribution in [2.24, 2.45) is 0 Å². The lowest BCUT2D eigenvalue weighted by molar-refractivity contribution is 0.208. The van der Waals surface area contributed by atoms with E-state index in [1.165, 1.54) is 5.56 Å². The summed E-state index contributed by atoms with van der Waals surface area (Å²) in [5.74, 6) is 1.00. The van der Waals surface area contributed by atoms with E-state index in [1.54, 1.807) is 0 Å². The van der Waals surface area contributed by atoms with E-state index in [1.807, 2.05) is 18.2 Å². The monoisotopic (exact) mass is 256 g/mol. The van der Waals surface area contributed by atoms with Gasteiger partial charge in [0.15, 0.2) is 0 Å². The molecule has 0 saturated carbocycles. The van der Waals surface area contributed by atoms with Gasteiger partial charge in [-0.1, -0.05) is 47.5 Å². The molecule has 0 spiro atoms. The van der Waals surface area contributed by atoms with Crippen molar-refractivity contribution in [1.29, 1.82) is 0 Å². The quantitative estimate of drug-likeness (QED) is 0.720. The van der Waals surface area contributed by atoms with Gasteiger partial charge in [0.05, 0.1) is 6.10 Å². The minimum Gasteiger partial charge on any atom is -0.490 e. The maximum Gasteiger partial charge on any atom is 0.123 e. The normalized spacial score (nSPS) is 12.5. The Morgan fingerprint density at radius 1 is 1.36 bits per heavy atom. The first kappa shape index (κ1) is 11.6. The summed E-state index contributed by atoms with van der Waals surface area (Å²) < 4.78 is 5.85. The number of para-hydroxylation sites is 1. The van der Waals surface area contributed by atoms with Gasteiger partial charge in [-0.15, -0.1) is 0 Å². The van der Waals surface area contributed by atoms with E-state index < -0.39 is 0 Å². The average molecular weight is 257 g/mol. The first-order valence-electron chi connectivity index (χ1n) is 5.08. The number of hydrogen-bond donors (Lipinski definition) is 0. The summed E-state index contributed by atoms with van der Waals surface area (Å²) >= 11 is 3.46. The van der Waals surface area contributed by atoms with Gasteiger partial charge < -0.3 is 4.74 Å². The standard InChI is InChI=1S/C12H17BrO/c1-3-6-10(2)14-12-8-5-4-7-11(12)9-13/h4-5,7-8,10H,3,6,9H2,1-2H3. The molecule has 0 aliphatic heterocycles. The van der Waals surface area contributed by atoms with Crippen molar-refractivity contribution in [3.8, 4) is 5.75 Å². The molecule has 1 aromatic rings. The van der Waals surface area contributed by atoms with Crippen molar-refractivity contribution in [2.75, 3.05) is 0 Å². The minimum atomic E-state index is 0.306. The molecular weight excluding hydrogens is 240 g/mol. The summed E-state index contributed by atoms with van der Waals surface area (Å²) in [6, 6.07) is 8.17. The fourth-order valence-electron chi connectivity index (χ4n) is 1.41. The molecule has 0 amide bonds. The molecule has 78 valence electrons. The first-order valence-corrected chi connectivity index (χ1v) is 6.20. The Hall–Kier alpha value is -0.500. The number of benzene rings is 1. The maximum absolute atomic E-state index is 5.85. The summed E-state index contributed by atoms with van der Waals surface area (Å²) in [6.07, 6.45) is 2.58. The van der Waals surface area contributed by atoms with E-state index >= 15 is 0 Å². The SMILES string of the molecule is CCCC(C)Oc1ccccc1CBr. The molecule has 0 saturated heterocycles. The second-order valence-corrected chi connectivity index (χ2v) is 4.02. The van der Waals surface area contributed by atoms with Crippen LogP contribution in [0.2, 0.25) is 0 Å². The molecule has 1 rings (SSSR count). The summed E-state index contributed by atoms with van der Waals surface area (Å²) in [6.45, 7) is 4.30. The number of rotatable bonds is 5. The highest BCUT2D eigenvalue weighted by atomic mass is 79.9. The second kappa shape index (κ2) is 6.07. The number of alkyl halides is 1. The molecule has 0 aromatic heterocycles. The van der Waals surface area contributed by atoms with Crippen LogP contribution in [0, 0.1) is 0 Å². The fourth-order valence-corrected chi connectivity index (χ4v) is 1.87. The number of hydrogen-bond acceptors (Lipinski definition) is 1. The van der Waals surface area contributed by atoms with E-state index in [9.17, 15) is 0 Å². The fraction of sp³-hybridized carbons (Fsp3) is 0.500. The zero-order valence-electron chi connectivity index (χ0n) is 8.79. The van der Waals surface area contributed by atoms with Gasteiger partial charge in [0, 0.05) is 10.9 Å². The van der Waals surface area contributed by atoms with Gasteiger partial charge in [0.25, 0.3) is 0 Å². The summed E-state index contributed by atoms with van der Waals surface area (Å²) in [5.41, 5.74) is 1.22. The summed E-state index contributed by atoms with van der Waals surface area (Å²) in [5, 5.41) is 0.849. The minimum absolute atomic E-state index is 0.306. The Morgan fingerprint density at radius 3 is 2.71 bits per heavy atom. The van der Waals surface area contributed by atoms with Crippen molar-refractivity contribution >= 4 is 15.9 Å². The van der Waals surface area contributed by atoms with Crippen molar-refractivity contribution < 1.29 is 4.74 Å². The molecule has 0 aliphatic rings. The van der Waals surface area contributed by atoms with E-state index in [0.29, 0.717) is 6.10 Å². The van der Waals surface area contributed by atoms with Crippen LogP contribution in [-0.4, -0.2) is 6.10 Å². The molecular formula is C12H17BrO. The van der Waals surface area contributed by atoms with Crippen LogP contribution >= 0.6 is 15.9 Å². The highest BCUT2D eigenvalue weighted by Gasteiger charge is 2.05. The Labute approximate surface area is 94.6 Å². The smallest absolute Gasteiger partial charge is 0.123 e.